The summed E-state index contributed by atoms with van der Waals surface area (Å²) < 4.78 is 48.3. The van der Waals surface area contributed by atoms with Crippen molar-refractivity contribution in [2.75, 3.05) is 39.5 Å². The molecule has 0 saturated carbocycles. The van der Waals surface area contributed by atoms with Gasteiger partial charge in [0, 0.05) is 13.2 Å². The van der Waals surface area contributed by atoms with Crippen molar-refractivity contribution in [3.8, 4) is 0 Å². The maximum absolute atomic E-state index is 12.4. The molecule has 4 nitrogen and oxygen atoms in total. The van der Waals surface area contributed by atoms with Gasteiger partial charge in [-0.15, -0.1) is 0 Å². The van der Waals surface area contributed by atoms with Gasteiger partial charge in [0.15, 0.2) is 6.10 Å². The molecule has 124 valence electrons. The second kappa shape index (κ2) is 7.76. The lowest BCUT2D eigenvalue weighted by Gasteiger charge is -2.34. The van der Waals surface area contributed by atoms with E-state index in [1.54, 1.807) is 0 Å². The van der Waals surface area contributed by atoms with E-state index in [1.165, 1.54) is 0 Å². The predicted octanol–water partition coefficient (Wildman–Crippen LogP) is 1.82. The van der Waals surface area contributed by atoms with Crippen LogP contribution in [0.2, 0.25) is 0 Å². The van der Waals surface area contributed by atoms with Crippen LogP contribution in [-0.4, -0.2) is 67.8 Å². The number of hydrogen-bond donors (Lipinski definition) is 1. The quantitative estimate of drug-likeness (QED) is 0.760. The number of likely N-dealkylation sites (tertiary alicyclic amines) is 1. The molecular weight excluding hydrogens is 287 g/mol. The third kappa shape index (κ3) is 5.39. The molecule has 2 atom stereocenters. The highest BCUT2D eigenvalue weighted by Crippen LogP contribution is 2.31. The number of nitrogens with zero attached hydrogens (tertiary/aromatic N) is 1. The van der Waals surface area contributed by atoms with Gasteiger partial charge in [0.2, 0.25) is 0 Å². The van der Waals surface area contributed by atoms with Crippen molar-refractivity contribution in [1.29, 1.82) is 0 Å². The molecule has 2 unspecified atom stereocenters. The molecule has 2 aliphatic heterocycles. The van der Waals surface area contributed by atoms with E-state index in [4.69, 9.17) is 9.47 Å². The summed E-state index contributed by atoms with van der Waals surface area (Å²) in [4.78, 5) is 2.09. The van der Waals surface area contributed by atoms with Crippen molar-refractivity contribution in [2.24, 2.45) is 5.92 Å². The van der Waals surface area contributed by atoms with Crippen LogP contribution < -0.4 is 0 Å². The average Bonchev–Trinajstić information content (AvgIpc) is 2.96. The Kier molecular flexibility index (Phi) is 6.28. The minimum absolute atomic E-state index is 0.206. The summed E-state index contributed by atoms with van der Waals surface area (Å²) in [5.41, 5.74) is 0. The van der Waals surface area contributed by atoms with Crippen LogP contribution in [0, 0.1) is 5.92 Å². The fraction of sp³-hybridized carbons (Fsp3) is 1.00. The minimum Gasteiger partial charge on any atom is -0.383 e. The number of halogens is 3. The first kappa shape index (κ1) is 17.0. The summed E-state index contributed by atoms with van der Waals surface area (Å²) in [5, 5.41) is 9.25. The summed E-state index contributed by atoms with van der Waals surface area (Å²) in [6.07, 6.45) is -3.59. The van der Waals surface area contributed by atoms with Gasteiger partial charge in [0.1, 0.15) is 0 Å². The predicted molar refractivity (Wildman–Crippen MR) is 71.0 cm³/mol. The van der Waals surface area contributed by atoms with Crippen LogP contribution in [0.25, 0.3) is 0 Å². The minimum atomic E-state index is -4.50. The Morgan fingerprint density at radius 1 is 1.24 bits per heavy atom. The molecule has 2 rings (SSSR count). The number of alkyl halides is 3. The Hall–Kier alpha value is -0.370. The molecule has 0 aliphatic carbocycles. The topological polar surface area (TPSA) is 41.9 Å². The third-order valence-corrected chi connectivity index (χ3v) is 4.29. The summed E-state index contributed by atoms with van der Waals surface area (Å²) in [6, 6.07) is 0. The molecule has 2 saturated heterocycles. The van der Waals surface area contributed by atoms with Crippen molar-refractivity contribution >= 4 is 0 Å². The van der Waals surface area contributed by atoms with Gasteiger partial charge >= 0.3 is 6.18 Å². The lowest BCUT2D eigenvalue weighted by Crippen LogP contribution is -2.44. The van der Waals surface area contributed by atoms with Crippen LogP contribution in [-0.2, 0) is 9.47 Å². The van der Waals surface area contributed by atoms with E-state index < -0.39 is 18.2 Å². The van der Waals surface area contributed by atoms with Crippen molar-refractivity contribution < 1.29 is 27.8 Å². The molecule has 2 heterocycles. The second-order valence-corrected chi connectivity index (χ2v) is 5.88. The molecule has 0 aromatic carbocycles. The van der Waals surface area contributed by atoms with Crippen LogP contribution in [0.5, 0.6) is 0 Å². The largest absolute Gasteiger partial charge is 0.414 e. The van der Waals surface area contributed by atoms with E-state index in [1.807, 2.05) is 0 Å². The normalized spacial score (nSPS) is 27.1. The van der Waals surface area contributed by atoms with Crippen molar-refractivity contribution in [2.45, 2.75) is 44.1 Å². The molecular formula is C14H24F3NO3. The number of aliphatic hydroxyl groups is 1. The number of rotatable bonds is 6. The van der Waals surface area contributed by atoms with E-state index in [0.29, 0.717) is 39.1 Å². The SMILES string of the molecule is OC(C1CCN(CCOCC2CCCO2)CC1)C(F)(F)F. The van der Waals surface area contributed by atoms with Gasteiger partial charge in [-0.05, 0) is 44.7 Å². The Morgan fingerprint density at radius 3 is 2.52 bits per heavy atom. The average molecular weight is 311 g/mol. The highest BCUT2D eigenvalue weighted by atomic mass is 19.4. The van der Waals surface area contributed by atoms with Gasteiger partial charge in [-0.3, -0.25) is 0 Å². The Labute approximate surface area is 123 Å². The molecule has 21 heavy (non-hydrogen) atoms. The fourth-order valence-electron chi connectivity index (χ4n) is 2.94. The molecule has 7 heteroatoms. The molecule has 0 radical (unpaired) electrons. The second-order valence-electron chi connectivity index (χ2n) is 5.88. The summed E-state index contributed by atoms with van der Waals surface area (Å²) in [6.45, 7) is 3.88. The van der Waals surface area contributed by atoms with Crippen LogP contribution in [0.1, 0.15) is 25.7 Å². The van der Waals surface area contributed by atoms with Gasteiger partial charge in [-0.1, -0.05) is 0 Å². The zero-order chi connectivity index (χ0) is 15.3. The Balaban J connectivity index is 1.56. The molecule has 0 bridgehead atoms. The number of hydrogen-bond acceptors (Lipinski definition) is 4. The molecule has 0 amide bonds. The first-order valence-electron chi connectivity index (χ1n) is 7.63. The molecule has 2 aliphatic rings. The third-order valence-electron chi connectivity index (χ3n) is 4.29. The zero-order valence-corrected chi connectivity index (χ0v) is 12.1. The first-order valence-corrected chi connectivity index (χ1v) is 7.63. The van der Waals surface area contributed by atoms with Crippen molar-refractivity contribution in [3.05, 3.63) is 0 Å². The van der Waals surface area contributed by atoms with Gasteiger partial charge in [-0.25, -0.2) is 0 Å². The van der Waals surface area contributed by atoms with Crippen molar-refractivity contribution in [3.63, 3.8) is 0 Å². The first-order chi connectivity index (χ1) is 9.97. The Bertz CT molecular complexity index is 300. The van der Waals surface area contributed by atoms with E-state index in [2.05, 4.69) is 4.90 Å². The van der Waals surface area contributed by atoms with E-state index in [0.717, 1.165) is 26.0 Å². The van der Waals surface area contributed by atoms with Crippen LogP contribution in [0.15, 0.2) is 0 Å². The Morgan fingerprint density at radius 2 is 1.95 bits per heavy atom. The molecule has 0 aromatic rings. The highest BCUT2D eigenvalue weighted by Gasteiger charge is 2.44. The van der Waals surface area contributed by atoms with Gasteiger partial charge in [0.05, 0.1) is 19.3 Å². The number of ether oxygens (including phenoxy) is 2. The summed E-state index contributed by atoms with van der Waals surface area (Å²) in [5.74, 6) is -0.672. The van der Waals surface area contributed by atoms with Crippen LogP contribution in [0.3, 0.4) is 0 Å². The number of aliphatic hydroxyl groups excluding tert-OH is 1. The highest BCUT2D eigenvalue weighted by molar-refractivity contribution is 4.81. The molecule has 0 spiro atoms. The van der Waals surface area contributed by atoms with E-state index in [9.17, 15) is 18.3 Å². The van der Waals surface area contributed by atoms with E-state index >= 15 is 0 Å². The van der Waals surface area contributed by atoms with Gasteiger partial charge in [0.25, 0.3) is 0 Å². The molecule has 2 fully saturated rings. The fourth-order valence-corrected chi connectivity index (χ4v) is 2.94. The zero-order valence-electron chi connectivity index (χ0n) is 12.1. The van der Waals surface area contributed by atoms with Crippen molar-refractivity contribution in [1.82, 2.24) is 4.90 Å². The monoisotopic (exact) mass is 311 g/mol. The lowest BCUT2D eigenvalue weighted by atomic mass is 9.91. The number of piperidine rings is 1. The van der Waals surface area contributed by atoms with Gasteiger partial charge in [-0.2, -0.15) is 13.2 Å². The standard InChI is InChI=1S/C14H24F3NO3/c15-14(16,17)13(19)11-3-5-18(6-4-11)7-9-20-10-12-2-1-8-21-12/h11-13,19H,1-10H2. The summed E-state index contributed by atoms with van der Waals surface area (Å²) in [7, 11) is 0. The lowest BCUT2D eigenvalue weighted by molar-refractivity contribution is -0.223. The van der Waals surface area contributed by atoms with E-state index in [-0.39, 0.29) is 6.10 Å². The van der Waals surface area contributed by atoms with Gasteiger partial charge < -0.3 is 19.5 Å². The maximum Gasteiger partial charge on any atom is 0.414 e. The smallest absolute Gasteiger partial charge is 0.383 e. The molecule has 1 N–H and O–H groups in total. The maximum atomic E-state index is 12.4. The summed E-state index contributed by atoms with van der Waals surface area (Å²) >= 11 is 0. The molecule has 0 aromatic heterocycles. The van der Waals surface area contributed by atoms with Crippen LogP contribution in [0.4, 0.5) is 13.2 Å². The van der Waals surface area contributed by atoms with Crippen LogP contribution >= 0.6 is 0 Å².